The van der Waals surface area contributed by atoms with Crippen LogP contribution in [0.1, 0.15) is 43.4 Å². The average molecular weight is 465 g/mol. The van der Waals surface area contributed by atoms with Crippen LogP contribution in [-0.2, 0) is 21.9 Å². The Hall–Kier alpha value is -2.95. The van der Waals surface area contributed by atoms with Crippen molar-refractivity contribution in [3.63, 3.8) is 0 Å². The molecule has 0 unspecified atom stereocenters. The van der Waals surface area contributed by atoms with Crippen LogP contribution in [0.15, 0.2) is 30.3 Å². The molecule has 0 radical (unpaired) electrons. The Bertz CT molecular complexity index is 935. The zero-order valence-corrected chi connectivity index (χ0v) is 17.3. The number of benzene rings is 2. The summed E-state index contributed by atoms with van der Waals surface area (Å²) in [5.41, 5.74) is -3.88. The van der Waals surface area contributed by atoms with Gasteiger partial charge in [0.1, 0.15) is 29.2 Å². The van der Waals surface area contributed by atoms with E-state index >= 15 is 0 Å². The van der Waals surface area contributed by atoms with Gasteiger partial charge >= 0.3 is 12.4 Å². The van der Waals surface area contributed by atoms with Gasteiger partial charge in [0.25, 0.3) is 0 Å². The van der Waals surface area contributed by atoms with E-state index in [1.807, 2.05) is 5.32 Å². The summed E-state index contributed by atoms with van der Waals surface area (Å²) in [5.74, 6) is -3.15. The molecule has 0 heterocycles. The number of aromatic hydroxyl groups is 1. The standard InChI is InChI=1S/C21H21F6NO4/c1-4-31-10-18(30)28-12-7-15(20(22,23)24)19(16(8-12)21(25,26)27)32-13-5-6-17(29)14(9-13)11(2)3/h5-9,11,29H,4,10H2,1-3H3,(H,28,30). The number of halogens is 6. The van der Waals surface area contributed by atoms with Gasteiger partial charge in [-0.15, -0.1) is 0 Å². The molecule has 2 aromatic carbocycles. The van der Waals surface area contributed by atoms with E-state index in [2.05, 4.69) is 0 Å². The van der Waals surface area contributed by atoms with E-state index in [1.165, 1.54) is 0 Å². The maximum Gasteiger partial charge on any atom is 0.420 e. The van der Waals surface area contributed by atoms with Crippen LogP contribution in [0.25, 0.3) is 0 Å². The van der Waals surface area contributed by atoms with Crippen molar-refractivity contribution in [2.45, 2.75) is 39.0 Å². The quantitative estimate of drug-likeness (QED) is 0.470. The third-order valence-electron chi connectivity index (χ3n) is 4.26. The number of carbonyl (C=O) groups is 1. The number of phenols is 1. The molecule has 0 saturated heterocycles. The highest BCUT2D eigenvalue weighted by atomic mass is 19.4. The van der Waals surface area contributed by atoms with Gasteiger partial charge in [0.2, 0.25) is 5.91 Å². The second-order valence-electron chi connectivity index (χ2n) is 7.06. The Morgan fingerprint density at radius 1 is 1.03 bits per heavy atom. The van der Waals surface area contributed by atoms with Gasteiger partial charge in [-0.3, -0.25) is 4.79 Å². The fourth-order valence-corrected chi connectivity index (χ4v) is 2.80. The Labute approximate surface area is 179 Å². The molecule has 1 amide bonds. The van der Waals surface area contributed by atoms with Crippen molar-refractivity contribution in [2.75, 3.05) is 18.5 Å². The molecule has 5 nitrogen and oxygen atoms in total. The van der Waals surface area contributed by atoms with E-state index in [4.69, 9.17) is 9.47 Å². The summed E-state index contributed by atoms with van der Waals surface area (Å²) in [4.78, 5) is 11.7. The molecule has 0 bridgehead atoms. The smallest absolute Gasteiger partial charge is 0.420 e. The maximum atomic E-state index is 13.7. The monoisotopic (exact) mass is 465 g/mol. The first kappa shape index (κ1) is 25.3. The molecule has 32 heavy (non-hydrogen) atoms. The van der Waals surface area contributed by atoms with Crippen LogP contribution < -0.4 is 10.1 Å². The highest BCUT2D eigenvalue weighted by Gasteiger charge is 2.43. The Morgan fingerprint density at radius 2 is 1.59 bits per heavy atom. The van der Waals surface area contributed by atoms with E-state index in [-0.39, 0.29) is 29.6 Å². The topological polar surface area (TPSA) is 67.8 Å². The van der Waals surface area contributed by atoms with E-state index in [0.717, 1.165) is 18.2 Å². The number of carbonyl (C=O) groups excluding carboxylic acids is 1. The van der Waals surface area contributed by atoms with Crippen LogP contribution in [0.3, 0.4) is 0 Å². The number of anilines is 1. The lowest BCUT2D eigenvalue weighted by atomic mass is 10.0. The molecule has 0 aromatic heterocycles. The van der Waals surface area contributed by atoms with E-state index in [1.54, 1.807) is 20.8 Å². The minimum atomic E-state index is -5.23. The molecule has 0 aliphatic carbocycles. The van der Waals surface area contributed by atoms with Crippen molar-refractivity contribution in [3.8, 4) is 17.2 Å². The highest BCUT2D eigenvalue weighted by molar-refractivity contribution is 5.92. The van der Waals surface area contributed by atoms with Crippen molar-refractivity contribution in [1.29, 1.82) is 0 Å². The second kappa shape index (κ2) is 9.68. The molecule has 0 atom stereocenters. The van der Waals surface area contributed by atoms with Gasteiger partial charge in [-0.1, -0.05) is 13.8 Å². The van der Waals surface area contributed by atoms with Crippen LogP contribution in [0.5, 0.6) is 17.2 Å². The number of rotatable bonds is 7. The minimum Gasteiger partial charge on any atom is -0.508 e. The summed E-state index contributed by atoms with van der Waals surface area (Å²) in [5, 5.41) is 11.8. The molecular formula is C21H21F6NO4. The number of hydrogen-bond donors (Lipinski definition) is 2. The molecule has 2 aromatic rings. The zero-order chi connectivity index (χ0) is 24.3. The van der Waals surface area contributed by atoms with Gasteiger partial charge in [-0.05, 0) is 43.2 Å². The fraction of sp³-hybridized carbons (Fsp3) is 0.381. The van der Waals surface area contributed by atoms with E-state index < -0.39 is 47.4 Å². The summed E-state index contributed by atoms with van der Waals surface area (Å²) in [6.07, 6.45) is -10.5. The van der Waals surface area contributed by atoms with Crippen LogP contribution in [-0.4, -0.2) is 24.2 Å². The van der Waals surface area contributed by atoms with Gasteiger partial charge < -0.3 is 19.9 Å². The lowest BCUT2D eigenvalue weighted by molar-refractivity contribution is -0.145. The summed E-state index contributed by atoms with van der Waals surface area (Å²) in [7, 11) is 0. The molecule has 0 saturated carbocycles. The van der Waals surface area contributed by atoms with Crippen molar-refractivity contribution in [3.05, 3.63) is 47.0 Å². The van der Waals surface area contributed by atoms with Crippen molar-refractivity contribution >= 4 is 11.6 Å². The largest absolute Gasteiger partial charge is 0.508 e. The van der Waals surface area contributed by atoms with E-state index in [9.17, 15) is 36.2 Å². The molecule has 11 heteroatoms. The molecule has 0 spiro atoms. The molecule has 176 valence electrons. The lowest BCUT2D eigenvalue weighted by Crippen LogP contribution is -2.20. The van der Waals surface area contributed by atoms with Gasteiger partial charge in [0.15, 0.2) is 5.75 Å². The summed E-state index contributed by atoms with van der Waals surface area (Å²) in [6.45, 7) is 4.52. The summed E-state index contributed by atoms with van der Waals surface area (Å²) < 4.78 is 92.0. The first-order valence-electron chi connectivity index (χ1n) is 9.44. The molecule has 2 N–H and O–H groups in total. The molecule has 0 aliphatic heterocycles. The van der Waals surface area contributed by atoms with Crippen LogP contribution in [0.4, 0.5) is 32.0 Å². The lowest BCUT2D eigenvalue weighted by Gasteiger charge is -2.21. The number of alkyl halides is 6. The predicted molar refractivity (Wildman–Crippen MR) is 104 cm³/mol. The zero-order valence-electron chi connectivity index (χ0n) is 17.3. The van der Waals surface area contributed by atoms with E-state index in [0.29, 0.717) is 12.1 Å². The normalized spacial score (nSPS) is 12.2. The molecule has 0 aliphatic rings. The number of nitrogens with one attached hydrogen (secondary N) is 1. The van der Waals surface area contributed by atoms with Gasteiger partial charge in [0.05, 0.1) is 0 Å². The predicted octanol–water partition coefficient (Wildman–Crippen LogP) is 6.32. The summed E-state index contributed by atoms with van der Waals surface area (Å²) >= 11 is 0. The molecule has 2 rings (SSSR count). The summed E-state index contributed by atoms with van der Waals surface area (Å²) in [6, 6.07) is 4.06. The minimum absolute atomic E-state index is 0.132. The fourth-order valence-electron chi connectivity index (χ4n) is 2.80. The van der Waals surface area contributed by atoms with Crippen LogP contribution in [0, 0.1) is 0 Å². The number of ether oxygens (including phenoxy) is 2. The highest BCUT2D eigenvalue weighted by Crippen LogP contribution is 2.47. The third kappa shape index (κ3) is 6.28. The average Bonchev–Trinajstić information content (AvgIpc) is 2.66. The SMILES string of the molecule is CCOCC(=O)Nc1cc(C(F)(F)F)c(Oc2ccc(O)c(C(C)C)c2)c(C(F)(F)F)c1. The van der Waals surface area contributed by atoms with Crippen molar-refractivity contribution in [2.24, 2.45) is 0 Å². The third-order valence-corrected chi connectivity index (χ3v) is 4.26. The van der Waals surface area contributed by atoms with Gasteiger partial charge in [-0.2, -0.15) is 26.3 Å². The number of amides is 1. The van der Waals surface area contributed by atoms with Gasteiger partial charge in [-0.25, -0.2) is 0 Å². The molecular weight excluding hydrogens is 444 g/mol. The van der Waals surface area contributed by atoms with Crippen molar-refractivity contribution < 1.29 is 45.7 Å². The van der Waals surface area contributed by atoms with Gasteiger partial charge in [0, 0.05) is 17.9 Å². The van der Waals surface area contributed by atoms with Crippen LogP contribution in [0.2, 0.25) is 0 Å². The Kier molecular flexibility index (Phi) is 7.66. The van der Waals surface area contributed by atoms with Crippen molar-refractivity contribution in [1.82, 2.24) is 0 Å². The Morgan fingerprint density at radius 3 is 2.06 bits per heavy atom. The van der Waals surface area contributed by atoms with Crippen LogP contribution >= 0.6 is 0 Å². The molecule has 0 fully saturated rings. The first-order valence-corrected chi connectivity index (χ1v) is 9.44. The Balaban J connectivity index is 2.62. The first-order chi connectivity index (χ1) is 14.7. The second-order valence-corrected chi connectivity index (χ2v) is 7.06. The maximum absolute atomic E-state index is 13.7. The number of phenolic OH excluding ortho intramolecular Hbond substituents is 1. The number of hydrogen-bond acceptors (Lipinski definition) is 4.